The Kier molecular flexibility index (Phi) is 5.41. The molecule has 26 heavy (non-hydrogen) atoms. The first-order valence-electron chi connectivity index (χ1n) is 7.91. The van der Waals surface area contributed by atoms with E-state index in [9.17, 15) is 18.0 Å². The second-order valence-corrected chi connectivity index (χ2v) is 6.48. The van der Waals surface area contributed by atoms with Gasteiger partial charge in [0.05, 0.1) is 24.2 Å². The van der Waals surface area contributed by atoms with Crippen LogP contribution < -0.4 is 5.32 Å². The molecule has 0 radical (unpaired) electrons. The van der Waals surface area contributed by atoms with Crippen LogP contribution in [-0.4, -0.2) is 22.2 Å². The predicted octanol–water partition coefficient (Wildman–Crippen LogP) is 3.99. The molecular formula is C18H16F3N3OS. The molecule has 0 atom stereocenters. The van der Waals surface area contributed by atoms with Crippen molar-refractivity contribution in [1.82, 2.24) is 15.1 Å². The Hall–Kier alpha value is -2.61. The number of aromatic nitrogens is 2. The van der Waals surface area contributed by atoms with E-state index in [-0.39, 0.29) is 12.3 Å². The van der Waals surface area contributed by atoms with Crippen LogP contribution in [0.3, 0.4) is 0 Å². The summed E-state index contributed by atoms with van der Waals surface area (Å²) in [4.78, 5) is 11.9. The van der Waals surface area contributed by atoms with Crippen molar-refractivity contribution in [2.24, 2.45) is 0 Å². The minimum absolute atomic E-state index is 0.0391. The molecule has 0 spiro atoms. The number of alkyl halides is 3. The van der Waals surface area contributed by atoms with Crippen LogP contribution in [0.25, 0.3) is 11.3 Å². The lowest BCUT2D eigenvalue weighted by Gasteiger charge is -2.08. The summed E-state index contributed by atoms with van der Waals surface area (Å²) >= 11 is 1.60. The third kappa shape index (κ3) is 4.72. The molecular weight excluding hydrogens is 363 g/mol. The molecule has 1 N–H and O–H groups in total. The zero-order chi connectivity index (χ0) is 18.6. The Bertz CT molecular complexity index is 855. The number of halogens is 3. The molecule has 0 bridgehead atoms. The fourth-order valence-corrected chi connectivity index (χ4v) is 3.07. The average molecular weight is 379 g/mol. The lowest BCUT2D eigenvalue weighted by molar-refractivity contribution is -0.137. The van der Waals surface area contributed by atoms with E-state index in [1.54, 1.807) is 16.0 Å². The highest BCUT2D eigenvalue weighted by molar-refractivity contribution is 7.08. The van der Waals surface area contributed by atoms with Crippen molar-refractivity contribution in [3.63, 3.8) is 0 Å². The first-order chi connectivity index (χ1) is 12.4. The van der Waals surface area contributed by atoms with Gasteiger partial charge < -0.3 is 5.32 Å². The Morgan fingerprint density at radius 2 is 1.92 bits per heavy atom. The van der Waals surface area contributed by atoms with Gasteiger partial charge in [-0.2, -0.15) is 29.6 Å². The van der Waals surface area contributed by atoms with Crippen molar-refractivity contribution in [2.75, 3.05) is 6.54 Å². The van der Waals surface area contributed by atoms with Gasteiger partial charge in [0.25, 0.3) is 0 Å². The molecule has 0 saturated heterocycles. The maximum Gasteiger partial charge on any atom is 0.416 e. The molecule has 8 heteroatoms. The number of nitrogens with zero attached hydrogens (tertiary/aromatic N) is 2. The molecule has 0 aliphatic carbocycles. The number of nitrogens with one attached hydrogen (secondary N) is 1. The van der Waals surface area contributed by atoms with E-state index >= 15 is 0 Å². The smallest absolute Gasteiger partial charge is 0.354 e. The van der Waals surface area contributed by atoms with Crippen LogP contribution in [0, 0.1) is 0 Å². The maximum absolute atomic E-state index is 12.5. The summed E-state index contributed by atoms with van der Waals surface area (Å²) in [5.41, 5.74) is 1.75. The van der Waals surface area contributed by atoms with Crippen LogP contribution in [0.15, 0.2) is 53.4 Å². The summed E-state index contributed by atoms with van der Waals surface area (Å²) in [5.74, 6) is -0.241. The number of thiophene rings is 1. The Morgan fingerprint density at radius 1 is 1.15 bits per heavy atom. The van der Waals surface area contributed by atoms with E-state index in [0.717, 1.165) is 23.4 Å². The van der Waals surface area contributed by atoms with Crippen molar-refractivity contribution in [3.8, 4) is 11.3 Å². The minimum Gasteiger partial charge on any atom is -0.354 e. The molecule has 0 unspecified atom stereocenters. The number of benzene rings is 1. The fourth-order valence-electron chi connectivity index (χ4n) is 2.42. The van der Waals surface area contributed by atoms with Crippen LogP contribution >= 0.6 is 11.3 Å². The van der Waals surface area contributed by atoms with E-state index in [0.29, 0.717) is 18.7 Å². The predicted molar refractivity (Wildman–Crippen MR) is 93.7 cm³/mol. The van der Waals surface area contributed by atoms with Crippen molar-refractivity contribution in [1.29, 1.82) is 0 Å². The van der Waals surface area contributed by atoms with Crippen molar-refractivity contribution < 1.29 is 18.0 Å². The number of carbonyl (C=O) groups excluding carboxylic acids is 1. The standard InChI is InChI=1S/C18H16F3N3OS/c19-18(20,21)15-3-1-13(2-4-15)11-17(25)22-7-9-24-8-5-16(23-24)14-6-10-26-12-14/h1-6,8,10,12H,7,9,11H2,(H,22,25). The molecule has 1 amide bonds. The first-order valence-corrected chi connectivity index (χ1v) is 8.85. The molecule has 1 aromatic carbocycles. The molecule has 0 aliphatic rings. The van der Waals surface area contributed by atoms with Crippen LogP contribution in [0.5, 0.6) is 0 Å². The first kappa shape index (κ1) is 18.2. The van der Waals surface area contributed by atoms with Crippen LogP contribution in [0.4, 0.5) is 13.2 Å². The van der Waals surface area contributed by atoms with Crippen molar-refractivity contribution in [2.45, 2.75) is 19.1 Å². The molecule has 3 rings (SSSR count). The minimum atomic E-state index is -4.37. The number of hydrogen-bond donors (Lipinski definition) is 1. The number of carbonyl (C=O) groups is 1. The van der Waals surface area contributed by atoms with Crippen molar-refractivity contribution in [3.05, 3.63) is 64.5 Å². The van der Waals surface area contributed by atoms with Crippen LogP contribution in [-0.2, 0) is 23.9 Å². The van der Waals surface area contributed by atoms with E-state index in [2.05, 4.69) is 10.4 Å². The second-order valence-electron chi connectivity index (χ2n) is 5.70. The van der Waals surface area contributed by atoms with Gasteiger partial charge in [-0.15, -0.1) is 0 Å². The zero-order valence-electron chi connectivity index (χ0n) is 13.7. The summed E-state index contributed by atoms with van der Waals surface area (Å²) in [7, 11) is 0. The zero-order valence-corrected chi connectivity index (χ0v) is 14.5. The van der Waals surface area contributed by atoms with E-state index in [1.165, 1.54) is 12.1 Å². The van der Waals surface area contributed by atoms with Crippen LogP contribution in [0.1, 0.15) is 11.1 Å². The number of hydrogen-bond acceptors (Lipinski definition) is 3. The van der Waals surface area contributed by atoms with E-state index in [4.69, 9.17) is 0 Å². The van der Waals surface area contributed by atoms with Gasteiger partial charge in [0, 0.05) is 23.7 Å². The highest BCUT2D eigenvalue weighted by Crippen LogP contribution is 2.29. The summed E-state index contributed by atoms with van der Waals surface area (Å²) in [5, 5.41) is 11.2. The normalized spacial score (nSPS) is 11.5. The molecule has 0 saturated carbocycles. The number of amides is 1. The SMILES string of the molecule is O=C(Cc1ccc(C(F)(F)F)cc1)NCCn1ccc(-c2ccsc2)n1. The van der Waals surface area contributed by atoms with Gasteiger partial charge >= 0.3 is 6.18 Å². The fraction of sp³-hybridized carbons (Fsp3) is 0.222. The number of rotatable bonds is 6. The monoisotopic (exact) mass is 379 g/mol. The van der Waals surface area contributed by atoms with E-state index in [1.807, 2.05) is 29.1 Å². The van der Waals surface area contributed by atoms with Gasteiger partial charge in [-0.05, 0) is 35.2 Å². The molecule has 2 aromatic heterocycles. The Balaban J connectivity index is 1.46. The average Bonchev–Trinajstić information content (AvgIpc) is 3.26. The lowest BCUT2D eigenvalue weighted by Crippen LogP contribution is -2.28. The van der Waals surface area contributed by atoms with Gasteiger partial charge in [-0.25, -0.2) is 0 Å². The third-order valence-electron chi connectivity index (χ3n) is 3.77. The second kappa shape index (κ2) is 7.74. The Morgan fingerprint density at radius 3 is 2.58 bits per heavy atom. The van der Waals surface area contributed by atoms with Gasteiger partial charge in [-0.1, -0.05) is 12.1 Å². The van der Waals surface area contributed by atoms with Crippen LogP contribution in [0.2, 0.25) is 0 Å². The highest BCUT2D eigenvalue weighted by Gasteiger charge is 2.29. The third-order valence-corrected chi connectivity index (χ3v) is 4.45. The molecule has 0 fully saturated rings. The summed E-state index contributed by atoms with van der Waals surface area (Å²) < 4.78 is 39.3. The summed E-state index contributed by atoms with van der Waals surface area (Å²) in [6.07, 6.45) is -2.49. The van der Waals surface area contributed by atoms with Gasteiger partial charge in [0.15, 0.2) is 0 Å². The highest BCUT2D eigenvalue weighted by atomic mass is 32.1. The summed E-state index contributed by atoms with van der Waals surface area (Å²) in [6, 6.07) is 8.51. The molecule has 2 heterocycles. The van der Waals surface area contributed by atoms with Gasteiger partial charge in [0.1, 0.15) is 0 Å². The Labute approximate surface area is 152 Å². The molecule has 4 nitrogen and oxygen atoms in total. The maximum atomic E-state index is 12.5. The molecule has 136 valence electrons. The summed E-state index contributed by atoms with van der Waals surface area (Å²) in [6.45, 7) is 0.910. The topological polar surface area (TPSA) is 46.9 Å². The molecule has 0 aliphatic heterocycles. The van der Waals surface area contributed by atoms with Gasteiger partial charge in [0.2, 0.25) is 5.91 Å². The largest absolute Gasteiger partial charge is 0.416 e. The lowest BCUT2D eigenvalue weighted by atomic mass is 10.1. The molecule has 3 aromatic rings. The van der Waals surface area contributed by atoms with Crippen molar-refractivity contribution >= 4 is 17.2 Å². The van der Waals surface area contributed by atoms with E-state index < -0.39 is 11.7 Å². The van der Waals surface area contributed by atoms with Gasteiger partial charge in [-0.3, -0.25) is 9.48 Å². The quantitative estimate of drug-likeness (QED) is 0.704.